The minimum atomic E-state index is 0.188. The normalized spacial score (nSPS) is 39.7. The van der Waals surface area contributed by atoms with Crippen molar-refractivity contribution in [2.24, 2.45) is 22.7 Å². The van der Waals surface area contributed by atoms with E-state index in [9.17, 15) is 5.11 Å². The highest BCUT2D eigenvalue weighted by Crippen LogP contribution is 2.68. The second-order valence-electron chi connectivity index (χ2n) is 9.80. The van der Waals surface area contributed by atoms with E-state index in [2.05, 4.69) is 27.7 Å². The Kier molecular flexibility index (Phi) is 3.34. The third-order valence-electron chi connectivity index (χ3n) is 8.18. The Morgan fingerprint density at radius 3 is 2.50 bits per heavy atom. The van der Waals surface area contributed by atoms with Crippen LogP contribution in [0, 0.1) is 22.7 Å². The van der Waals surface area contributed by atoms with Gasteiger partial charge in [-0.25, -0.2) is 0 Å². The van der Waals surface area contributed by atoms with Crippen LogP contribution in [0.4, 0.5) is 0 Å². The molecule has 1 aromatic carbocycles. The molecule has 0 aliphatic heterocycles. The summed E-state index contributed by atoms with van der Waals surface area (Å²) >= 11 is 0. The molecular formula is C22H32O2. The topological polar surface area (TPSA) is 29.5 Å². The first-order valence-corrected chi connectivity index (χ1v) is 9.63. The maximum atomic E-state index is 10.1. The van der Waals surface area contributed by atoms with Crippen LogP contribution in [0.3, 0.4) is 0 Å². The summed E-state index contributed by atoms with van der Waals surface area (Å²) in [4.78, 5) is 0. The zero-order valence-electron chi connectivity index (χ0n) is 15.9. The summed E-state index contributed by atoms with van der Waals surface area (Å²) in [6.07, 6.45) is 7.73. The fourth-order valence-electron chi connectivity index (χ4n) is 7.25. The summed E-state index contributed by atoms with van der Waals surface area (Å²) in [5.74, 6) is 2.71. The van der Waals surface area contributed by atoms with Crippen LogP contribution in [0.1, 0.15) is 70.9 Å². The van der Waals surface area contributed by atoms with Crippen LogP contribution >= 0.6 is 0 Å². The quantitative estimate of drug-likeness (QED) is 0.742. The third kappa shape index (κ3) is 1.95. The predicted octanol–water partition coefficient (Wildman–Crippen LogP) is 5.46. The highest BCUT2D eigenvalue weighted by atomic mass is 16.5. The average Bonchev–Trinajstić information content (AvgIpc) is 2.79. The molecule has 2 heteroatoms. The number of hydrogen-bond donors (Lipinski definition) is 1. The van der Waals surface area contributed by atoms with Gasteiger partial charge in [0.25, 0.3) is 0 Å². The summed E-state index contributed by atoms with van der Waals surface area (Å²) < 4.78 is 5.70. The second-order valence-corrected chi connectivity index (χ2v) is 9.80. The minimum absolute atomic E-state index is 0.188. The smallest absolute Gasteiger partial charge is 0.126 e. The zero-order chi connectivity index (χ0) is 17.3. The van der Waals surface area contributed by atoms with Gasteiger partial charge in [0, 0.05) is 17.0 Å². The molecule has 0 heterocycles. The van der Waals surface area contributed by atoms with E-state index < -0.39 is 0 Å². The summed E-state index contributed by atoms with van der Waals surface area (Å²) in [5, 5.41) is 10.1. The van der Waals surface area contributed by atoms with E-state index in [1.54, 1.807) is 7.11 Å². The number of hydrogen-bond acceptors (Lipinski definition) is 2. The fourth-order valence-corrected chi connectivity index (χ4v) is 7.25. The molecule has 1 aromatic rings. The maximum Gasteiger partial charge on any atom is 0.126 e. The first-order chi connectivity index (χ1) is 11.2. The van der Waals surface area contributed by atoms with Crippen molar-refractivity contribution in [3.8, 4) is 11.5 Å². The summed E-state index contributed by atoms with van der Waals surface area (Å²) in [5.41, 5.74) is 3.75. The molecule has 0 unspecified atom stereocenters. The number of methoxy groups -OCH3 is 1. The van der Waals surface area contributed by atoms with Gasteiger partial charge in [-0.1, -0.05) is 34.1 Å². The predicted molar refractivity (Wildman–Crippen MR) is 97.7 cm³/mol. The van der Waals surface area contributed by atoms with E-state index in [-0.39, 0.29) is 5.41 Å². The number of phenols is 1. The lowest BCUT2D eigenvalue weighted by molar-refractivity contribution is -0.0984. The Labute approximate surface area is 146 Å². The van der Waals surface area contributed by atoms with E-state index in [1.165, 1.54) is 43.2 Å². The monoisotopic (exact) mass is 328 g/mol. The van der Waals surface area contributed by atoms with Gasteiger partial charge >= 0.3 is 0 Å². The molecule has 0 bridgehead atoms. The molecule has 3 aliphatic carbocycles. The van der Waals surface area contributed by atoms with E-state index in [0.717, 1.165) is 18.1 Å². The van der Waals surface area contributed by atoms with Gasteiger partial charge in [0.1, 0.15) is 11.5 Å². The van der Waals surface area contributed by atoms with Crippen molar-refractivity contribution < 1.29 is 9.84 Å². The lowest BCUT2D eigenvalue weighted by Gasteiger charge is -2.61. The Morgan fingerprint density at radius 1 is 1.04 bits per heavy atom. The summed E-state index contributed by atoms with van der Waals surface area (Å²) in [6, 6.07) is 3.81. The van der Waals surface area contributed by atoms with Crippen molar-refractivity contribution in [1.29, 1.82) is 0 Å². The van der Waals surface area contributed by atoms with Crippen molar-refractivity contribution in [3.05, 3.63) is 23.3 Å². The van der Waals surface area contributed by atoms with E-state index >= 15 is 0 Å². The van der Waals surface area contributed by atoms with Crippen LogP contribution in [-0.4, -0.2) is 12.2 Å². The van der Waals surface area contributed by atoms with Crippen molar-refractivity contribution in [2.45, 2.75) is 71.6 Å². The molecule has 0 amide bonds. The molecular weight excluding hydrogens is 296 g/mol. The molecule has 0 spiro atoms. The second kappa shape index (κ2) is 4.93. The SMILES string of the molecule is COc1cc(O)cc2c1[C@@]1(C)CC[C@H]3C(C)(C)CCC[C@]3(C)[C@H]1C2. The molecule has 2 fully saturated rings. The van der Waals surface area contributed by atoms with Crippen LogP contribution < -0.4 is 4.74 Å². The lowest BCUT2D eigenvalue weighted by Crippen LogP contribution is -2.55. The Morgan fingerprint density at radius 2 is 1.79 bits per heavy atom. The van der Waals surface area contributed by atoms with Gasteiger partial charge in [0.15, 0.2) is 0 Å². The van der Waals surface area contributed by atoms with Gasteiger partial charge in [-0.15, -0.1) is 0 Å². The highest BCUT2D eigenvalue weighted by molar-refractivity contribution is 5.54. The van der Waals surface area contributed by atoms with E-state index in [0.29, 0.717) is 22.5 Å². The minimum Gasteiger partial charge on any atom is -0.508 e. The third-order valence-corrected chi connectivity index (χ3v) is 8.18. The molecule has 4 atom stereocenters. The molecule has 0 aromatic heterocycles. The van der Waals surface area contributed by atoms with Crippen molar-refractivity contribution >= 4 is 0 Å². The lowest BCUT2D eigenvalue weighted by atomic mass is 9.43. The van der Waals surface area contributed by atoms with E-state index in [1.807, 2.05) is 12.1 Å². The molecule has 4 rings (SSSR count). The first kappa shape index (κ1) is 16.3. The maximum absolute atomic E-state index is 10.1. The zero-order valence-corrected chi connectivity index (χ0v) is 15.9. The molecule has 3 aliphatic rings. The van der Waals surface area contributed by atoms with Gasteiger partial charge < -0.3 is 9.84 Å². The standard InChI is InChI=1S/C22H32O2/c1-20(2)8-6-9-21(3)17(20)7-10-22(4)18(21)12-14-11-15(23)13-16(24-5)19(14)22/h11,13,17-18,23H,6-10,12H2,1-5H3/t17-,18+,21-,22-/m0/s1. The number of fused-ring (bicyclic) bond motifs is 5. The molecule has 2 nitrogen and oxygen atoms in total. The van der Waals surface area contributed by atoms with Crippen LogP contribution in [0.2, 0.25) is 0 Å². The van der Waals surface area contributed by atoms with Crippen molar-refractivity contribution in [1.82, 2.24) is 0 Å². The number of aromatic hydroxyl groups is 1. The molecule has 1 N–H and O–H groups in total. The van der Waals surface area contributed by atoms with Gasteiger partial charge in [-0.05, 0) is 66.4 Å². The van der Waals surface area contributed by atoms with Gasteiger partial charge in [0.05, 0.1) is 7.11 Å². The molecule has 0 radical (unpaired) electrons. The molecule has 0 saturated heterocycles. The highest BCUT2D eigenvalue weighted by Gasteiger charge is 2.61. The Balaban J connectivity index is 1.84. The summed E-state index contributed by atoms with van der Waals surface area (Å²) in [7, 11) is 1.74. The van der Waals surface area contributed by atoms with Crippen LogP contribution in [0.15, 0.2) is 12.1 Å². The van der Waals surface area contributed by atoms with Gasteiger partial charge in [-0.2, -0.15) is 0 Å². The van der Waals surface area contributed by atoms with Crippen molar-refractivity contribution in [2.75, 3.05) is 7.11 Å². The van der Waals surface area contributed by atoms with Crippen LogP contribution in [0.25, 0.3) is 0 Å². The Hall–Kier alpha value is -1.18. The largest absolute Gasteiger partial charge is 0.508 e. The number of phenolic OH excluding ortho intramolecular Hbond substituents is 1. The van der Waals surface area contributed by atoms with Crippen LogP contribution in [-0.2, 0) is 11.8 Å². The Bertz CT molecular complexity index is 677. The number of rotatable bonds is 1. The first-order valence-electron chi connectivity index (χ1n) is 9.63. The summed E-state index contributed by atoms with van der Waals surface area (Å²) in [6.45, 7) is 10.0. The molecule has 24 heavy (non-hydrogen) atoms. The molecule has 132 valence electrons. The van der Waals surface area contributed by atoms with Gasteiger partial charge in [-0.3, -0.25) is 0 Å². The number of benzene rings is 1. The van der Waals surface area contributed by atoms with E-state index in [4.69, 9.17) is 4.74 Å². The average molecular weight is 328 g/mol. The molecule has 2 saturated carbocycles. The van der Waals surface area contributed by atoms with Gasteiger partial charge in [0.2, 0.25) is 0 Å². The van der Waals surface area contributed by atoms with Crippen molar-refractivity contribution in [3.63, 3.8) is 0 Å². The fraction of sp³-hybridized carbons (Fsp3) is 0.727. The van der Waals surface area contributed by atoms with Crippen LogP contribution in [0.5, 0.6) is 11.5 Å². The number of ether oxygens (including phenoxy) is 1.